The van der Waals surface area contributed by atoms with Gasteiger partial charge in [0, 0.05) is 42.4 Å². The normalized spacial score (nSPS) is 29.3. The van der Waals surface area contributed by atoms with Gasteiger partial charge in [-0.05, 0) is 99.1 Å². The van der Waals surface area contributed by atoms with Crippen molar-refractivity contribution < 1.29 is 14.4 Å². The summed E-state index contributed by atoms with van der Waals surface area (Å²) in [6, 6.07) is 12.6. The smallest absolute Gasteiger partial charge is 0.255 e. The summed E-state index contributed by atoms with van der Waals surface area (Å²) in [5.41, 5.74) is 4.25. The molecule has 1 aromatic carbocycles. The first-order valence-corrected chi connectivity index (χ1v) is 15.0. The molecule has 206 valence electrons. The number of carbonyl (C=O) groups is 3. The Morgan fingerprint density at radius 1 is 0.923 bits per heavy atom. The van der Waals surface area contributed by atoms with Crippen LogP contribution >= 0.6 is 0 Å². The lowest BCUT2D eigenvalue weighted by Gasteiger charge is -2.35. The molecule has 0 radical (unpaired) electrons. The van der Waals surface area contributed by atoms with Gasteiger partial charge in [0.1, 0.15) is 6.04 Å². The van der Waals surface area contributed by atoms with E-state index in [-0.39, 0.29) is 24.1 Å². The van der Waals surface area contributed by atoms with E-state index in [4.69, 9.17) is 0 Å². The summed E-state index contributed by atoms with van der Waals surface area (Å²) in [6.45, 7) is 1.54. The Kier molecular flexibility index (Phi) is 7.78. The third kappa shape index (κ3) is 5.79. The quantitative estimate of drug-likeness (QED) is 0.516. The van der Waals surface area contributed by atoms with Gasteiger partial charge in [-0.2, -0.15) is 0 Å². The number of fused-ring (bicyclic) bond motifs is 1. The van der Waals surface area contributed by atoms with Crippen LogP contribution in [0.5, 0.6) is 0 Å². The van der Waals surface area contributed by atoms with Gasteiger partial charge in [0.25, 0.3) is 5.91 Å². The molecular formula is C32H40N4O3. The van der Waals surface area contributed by atoms with E-state index in [2.05, 4.69) is 39.9 Å². The summed E-state index contributed by atoms with van der Waals surface area (Å²) in [5.74, 6) is 1.24. The van der Waals surface area contributed by atoms with Crippen molar-refractivity contribution in [3.63, 3.8) is 0 Å². The highest BCUT2D eigenvalue weighted by Crippen LogP contribution is 2.36. The fourth-order valence-electron chi connectivity index (χ4n) is 7.41. The molecule has 1 saturated heterocycles. The lowest BCUT2D eigenvalue weighted by Crippen LogP contribution is -2.52. The van der Waals surface area contributed by atoms with Crippen LogP contribution in [-0.4, -0.2) is 46.2 Å². The van der Waals surface area contributed by atoms with E-state index in [0.29, 0.717) is 42.3 Å². The number of pyridine rings is 1. The monoisotopic (exact) mass is 528 g/mol. The minimum Gasteiger partial charge on any atom is -0.322 e. The molecule has 2 aliphatic carbocycles. The lowest BCUT2D eigenvalue weighted by atomic mass is 9.75. The number of piperidine rings is 1. The highest BCUT2D eigenvalue weighted by atomic mass is 16.2. The van der Waals surface area contributed by atoms with Crippen molar-refractivity contribution in [1.82, 2.24) is 20.5 Å². The number of hydrogen-bond acceptors (Lipinski definition) is 5. The molecule has 3 heterocycles. The van der Waals surface area contributed by atoms with Gasteiger partial charge in [-0.15, -0.1) is 0 Å². The average molecular weight is 529 g/mol. The van der Waals surface area contributed by atoms with Gasteiger partial charge in [-0.3, -0.25) is 24.7 Å². The van der Waals surface area contributed by atoms with Crippen LogP contribution in [0.4, 0.5) is 0 Å². The van der Waals surface area contributed by atoms with Crippen molar-refractivity contribution >= 4 is 17.7 Å². The molecule has 3 atom stereocenters. The molecule has 2 saturated carbocycles. The number of benzene rings is 1. The number of aromatic nitrogens is 1. The van der Waals surface area contributed by atoms with E-state index < -0.39 is 6.04 Å². The van der Waals surface area contributed by atoms with Crippen molar-refractivity contribution in [1.29, 1.82) is 0 Å². The molecule has 3 fully saturated rings. The lowest BCUT2D eigenvalue weighted by molar-refractivity contribution is -0.136. The van der Waals surface area contributed by atoms with E-state index in [1.165, 1.54) is 62.6 Å². The van der Waals surface area contributed by atoms with Crippen molar-refractivity contribution in [2.75, 3.05) is 6.54 Å². The Labute approximate surface area is 231 Å². The molecule has 1 aromatic heterocycles. The Bertz CT molecular complexity index is 1210. The highest BCUT2D eigenvalue weighted by molar-refractivity contribution is 6.05. The van der Waals surface area contributed by atoms with E-state index >= 15 is 0 Å². The Morgan fingerprint density at radius 2 is 1.74 bits per heavy atom. The number of hydrogen-bond donors (Lipinski definition) is 2. The van der Waals surface area contributed by atoms with Crippen molar-refractivity contribution in [3.8, 4) is 0 Å². The maximum absolute atomic E-state index is 13.1. The van der Waals surface area contributed by atoms with Crippen LogP contribution in [0.2, 0.25) is 0 Å². The summed E-state index contributed by atoms with van der Waals surface area (Å²) in [4.78, 5) is 43.2. The second-order valence-corrected chi connectivity index (χ2v) is 12.1. The van der Waals surface area contributed by atoms with Crippen LogP contribution in [0.25, 0.3) is 0 Å². The molecule has 2 aromatic rings. The zero-order valence-electron chi connectivity index (χ0n) is 22.7. The molecule has 0 spiro atoms. The first-order valence-electron chi connectivity index (χ1n) is 15.0. The standard InChI is InChI=1S/C32H40N4O3/c37-30-15-14-29(31(38)35-30)36-20-25-18-21(8-13-27(25)32(36)39)17-23-5-1-2-6-24(23)19-34-26-11-9-22(10-12-26)28-7-3-4-16-33-28/h3-4,7-8,13,16,18,22-24,26,29,34H,1-2,5-6,9-12,14-15,17,19-20H2,(H,35,37,38)/t22?,23-,24-,26?,29?/m1/s1. The largest absolute Gasteiger partial charge is 0.322 e. The average Bonchev–Trinajstić information content (AvgIpc) is 3.28. The van der Waals surface area contributed by atoms with E-state index in [9.17, 15) is 14.4 Å². The van der Waals surface area contributed by atoms with Crippen LogP contribution in [0, 0.1) is 11.8 Å². The van der Waals surface area contributed by atoms with Crippen LogP contribution in [0.15, 0.2) is 42.6 Å². The number of nitrogens with zero attached hydrogens (tertiary/aromatic N) is 2. The van der Waals surface area contributed by atoms with Gasteiger partial charge in [0.15, 0.2) is 0 Å². The fourth-order valence-corrected chi connectivity index (χ4v) is 7.41. The fraction of sp³-hybridized carbons (Fsp3) is 0.562. The van der Waals surface area contributed by atoms with Gasteiger partial charge in [-0.25, -0.2) is 0 Å². The maximum Gasteiger partial charge on any atom is 0.255 e. The summed E-state index contributed by atoms with van der Waals surface area (Å²) in [6.07, 6.45) is 13.7. The summed E-state index contributed by atoms with van der Waals surface area (Å²) in [5, 5.41) is 6.33. The molecular weight excluding hydrogens is 488 g/mol. The Hall–Kier alpha value is -3.06. The molecule has 7 nitrogen and oxygen atoms in total. The van der Waals surface area contributed by atoms with Crippen LogP contribution < -0.4 is 10.6 Å². The number of rotatable bonds is 7. The zero-order valence-corrected chi connectivity index (χ0v) is 22.7. The number of nitrogens with one attached hydrogen (secondary N) is 2. The molecule has 2 aliphatic heterocycles. The van der Waals surface area contributed by atoms with E-state index in [1.807, 2.05) is 18.3 Å². The molecule has 7 heteroatoms. The van der Waals surface area contributed by atoms with Crippen LogP contribution in [0.1, 0.15) is 97.3 Å². The van der Waals surface area contributed by atoms with Gasteiger partial charge < -0.3 is 10.2 Å². The predicted molar refractivity (Wildman–Crippen MR) is 149 cm³/mol. The molecule has 3 amide bonds. The number of amides is 3. The summed E-state index contributed by atoms with van der Waals surface area (Å²) < 4.78 is 0. The first kappa shape index (κ1) is 26.2. The Morgan fingerprint density at radius 3 is 2.51 bits per heavy atom. The Balaban J connectivity index is 1.04. The minimum absolute atomic E-state index is 0.0939. The second kappa shape index (κ2) is 11.6. The number of carbonyl (C=O) groups excluding carboxylic acids is 3. The van der Waals surface area contributed by atoms with E-state index in [1.54, 1.807) is 4.90 Å². The zero-order chi connectivity index (χ0) is 26.8. The first-order chi connectivity index (χ1) is 19.0. The molecule has 6 rings (SSSR count). The third-order valence-corrected chi connectivity index (χ3v) is 9.65. The van der Waals surface area contributed by atoms with Crippen molar-refractivity contribution in [2.45, 2.75) is 95.2 Å². The second-order valence-electron chi connectivity index (χ2n) is 12.1. The summed E-state index contributed by atoms with van der Waals surface area (Å²) in [7, 11) is 0. The molecule has 0 bridgehead atoms. The predicted octanol–water partition coefficient (Wildman–Crippen LogP) is 4.51. The number of imide groups is 1. The van der Waals surface area contributed by atoms with Gasteiger partial charge >= 0.3 is 0 Å². The summed E-state index contributed by atoms with van der Waals surface area (Å²) >= 11 is 0. The van der Waals surface area contributed by atoms with Gasteiger partial charge in [0.2, 0.25) is 11.8 Å². The van der Waals surface area contributed by atoms with Crippen LogP contribution in [0.3, 0.4) is 0 Å². The topological polar surface area (TPSA) is 91.4 Å². The van der Waals surface area contributed by atoms with Gasteiger partial charge in [-0.1, -0.05) is 31.0 Å². The van der Waals surface area contributed by atoms with E-state index in [0.717, 1.165) is 18.5 Å². The molecule has 4 aliphatic rings. The van der Waals surface area contributed by atoms with Crippen LogP contribution in [-0.2, 0) is 22.6 Å². The minimum atomic E-state index is -0.557. The highest BCUT2D eigenvalue weighted by Gasteiger charge is 2.39. The maximum atomic E-state index is 13.1. The molecule has 1 unspecified atom stereocenters. The molecule has 2 N–H and O–H groups in total. The van der Waals surface area contributed by atoms with Crippen molar-refractivity contribution in [2.24, 2.45) is 11.8 Å². The van der Waals surface area contributed by atoms with Crippen molar-refractivity contribution in [3.05, 3.63) is 65.0 Å². The van der Waals surface area contributed by atoms with Gasteiger partial charge in [0.05, 0.1) is 0 Å². The molecule has 39 heavy (non-hydrogen) atoms. The SMILES string of the molecule is O=C1CCC(N2Cc3cc(C[C@H]4CCCC[C@@H]4CNC4CCC(c5ccccn5)CC4)ccc3C2=O)C(=O)N1. The third-order valence-electron chi connectivity index (χ3n) is 9.65.